The average molecular weight is 529 g/mol. The van der Waals surface area contributed by atoms with Crippen molar-refractivity contribution in [1.29, 1.82) is 0 Å². The van der Waals surface area contributed by atoms with Gasteiger partial charge in [0.25, 0.3) is 0 Å². The Labute approximate surface area is 228 Å². The normalized spacial score (nSPS) is 24.9. The molecule has 0 radical (unpaired) electrons. The Morgan fingerprint density at radius 3 is 1.45 bits per heavy atom. The Bertz CT molecular complexity index is 1070. The summed E-state index contributed by atoms with van der Waals surface area (Å²) < 4.78 is 5.35. The predicted octanol–water partition coefficient (Wildman–Crippen LogP) is 6.06. The number of hydrogen-bond donors (Lipinski definition) is 0. The third kappa shape index (κ3) is 6.68. The lowest BCUT2D eigenvalue weighted by Gasteiger charge is -2.56. The van der Waals surface area contributed by atoms with Gasteiger partial charge in [0.15, 0.2) is 14.7 Å². The molecule has 7 rings (SSSR count). The summed E-state index contributed by atoms with van der Waals surface area (Å²) in [6, 6.07) is 32.2. The summed E-state index contributed by atoms with van der Waals surface area (Å²) in [5.41, 5.74) is 0.214. The van der Waals surface area contributed by atoms with E-state index in [1.165, 1.54) is 53.2 Å². The van der Waals surface area contributed by atoms with Crippen molar-refractivity contribution in [3.05, 3.63) is 91.0 Å². The van der Waals surface area contributed by atoms with Crippen LogP contribution in [-0.2, 0) is 25.2 Å². The lowest BCUT2D eigenvalue weighted by molar-refractivity contribution is -0.305. The largest absolute Gasteiger partial charge is 0.550 e. The first-order chi connectivity index (χ1) is 18.5. The van der Waals surface area contributed by atoms with Crippen LogP contribution >= 0.6 is 0 Å². The highest BCUT2D eigenvalue weighted by Crippen LogP contribution is 2.60. The number of esters is 1. The zero-order chi connectivity index (χ0) is 26.4. The molecule has 4 aliphatic rings. The van der Waals surface area contributed by atoms with Gasteiger partial charge in [-0.2, -0.15) is 0 Å². The van der Waals surface area contributed by atoms with E-state index in [-0.39, 0.29) is 35.1 Å². The van der Waals surface area contributed by atoms with Crippen molar-refractivity contribution in [3.8, 4) is 0 Å². The van der Waals surface area contributed by atoms with Gasteiger partial charge in [0.05, 0.1) is 23.9 Å². The highest BCUT2D eigenvalue weighted by atomic mass is 32.2. The van der Waals surface area contributed by atoms with E-state index in [2.05, 4.69) is 91.0 Å². The smallest absolute Gasteiger partial charge is 0.306 e. The van der Waals surface area contributed by atoms with Crippen LogP contribution in [0.2, 0.25) is 0 Å². The summed E-state index contributed by atoms with van der Waals surface area (Å²) in [6.45, 7) is 0.502. The van der Waals surface area contributed by atoms with E-state index in [0.29, 0.717) is 6.61 Å². The third-order valence-corrected chi connectivity index (χ3v) is 10.4. The van der Waals surface area contributed by atoms with Gasteiger partial charge in [-0.25, -0.2) is 0 Å². The molecule has 3 aromatic carbocycles. The molecule has 38 heavy (non-hydrogen) atoms. The fourth-order valence-corrected chi connectivity index (χ4v) is 9.16. The van der Waals surface area contributed by atoms with Crippen molar-refractivity contribution in [2.24, 2.45) is 23.2 Å². The Kier molecular flexibility index (Phi) is 8.53. The van der Waals surface area contributed by atoms with Gasteiger partial charge in [-0.05, 0) is 99.1 Å². The molecule has 0 spiro atoms. The number of carbonyl (C=O) groups excluding carboxylic acids is 2. The Hall–Kier alpha value is -3.05. The maximum absolute atomic E-state index is 11.5. The van der Waals surface area contributed by atoms with E-state index in [1.54, 1.807) is 0 Å². The molecule has 198 valence electrons. The molecule has 4 bridgehead atoms. The van der Waals surface area contributed by atoms with E-state index in [9.17, 15) is 14.7 Å². The summed E-state index contributed by atoms with van der Waals surface area (Å²) in [7, 11) is -0.0146. The third-order valence-electron chi connectivity index (χ3n) is 8.17. The zero-order valence-electron chi connectivity index (χ0n) is 21.8. The molecule has 3 aromatic rings. The lowest BCUT2D eigenvalue weighted by atomic mass is 9.50. The van der Waals surface area contributed by atoms with Crippen LogP contribution in [0.5, 0.6) is 0 Å². The van der Waals surface area contributed by atoms with E-state index in [0.717, 1.165) is 17.8 Å². The first-order valence-electron chi connectivity index (χ1n) is 13.7. The summed E-state index contributed by atoms with van der Waals surface area (Å²) in [5.74, 6) is 0.946. The van der Waals surface area contributed by atoms with Crippen LogP contribution in [0, 0.1) is 23.2 Å². The molecule has 0 atom stereocenters. The van der Waals surface area contributed by atoms with Gasteiger partial charge in [0, 0.05) is 11.4 Å². The van der Waals surface area contributed by atoms with Crippen molar-refractivity contribution in [1.82, 2.24) is 0 Å². The van der Waals surface area contributed by atoms with Crippen molar-refractivity contribution < 1.29 is 19.4 Å². The minimum atomic E-state index is -1.19. The fourth-order valence-electron chi connectivity index (χ4n) is 7.05. The monoisotopic (exact) mass is 528 g/mol. The molecule has 0 unspecified atom stereocenters. The predicted molar refractivity (Wildman–Crippen MR) is 147 cm³/mol. The molecule has 0 aromatic heterocycles. The van der Waals surface area contributed by atoms with Crippen LogP contribution in [0.15, 0.2) is 106 Å². The number of benzene rings is 3. The van der Waals surface area contributed by atoms with E-state index in [1.807, 2.05) is 0 Å². The Balaban J connectivity index is 0.000000155. The molecular weight excluding hydrogens is 492 g/mol. The van der Waals surface area contributed by atoms with Crippen LogP contribution in [-0.4, -0.2) is 18.5 Å². The summed E-state index contributed by atoms with van der Waals surface area (Å²) in [4.78, 5) is 25.9. The highest BCUT2D eigenvalue weighted by molar-refractivity contribution is 7.97. The molecular formula is C33H36O4S. The molecule has 4 fully saturated rings. The number of ether oxygens (including phenoxy) is 1. The SMILES string of the molecule is O=C([O-])CCC(=O)OCC12CC3CC(CC(C3)C1)C2.c1ccc([S+](c2ccccc2)c2ccccc2)cc1. The number of hydrogen-bond acceptors (Lipinski definition) is 4. The lowest BCUT2D eigenvalue weighted by Crippen LogP contribution is -2.48. The number of rotatable bonds is 8. The van der Waals surface area contributed by atoms with Crippen molar-refractivity contribution >= 4 is 22.8 Å². The topological polar surface area (TPSA) is 66.4 Å². The molecule has 4 saturated carbocycles. The van der Waals surface area contributed by atoms with Crippen LogP contribution < -0.4 is 5.11 Å². The first kappa shape index (κ1) is 26.6. The fraction of sp³-hybridized carbons (Fsp3) is 0.394. The maximum atomic E-state index is 11.5. The number of carbonyl (C=O) groups is 2. The van der Waals surface area contributed by atoms with Gasteiger partial charge in [-0.15, -0.1) is 0 Å². The van der Waals surface area contributed by atoms with E-state index >= 15 is 0 Å². The minimum Gasteiger partial charge on any atom is -0.550 e. The van der Waals surface area contributed by atoms with Crippen LogP contribution in [0.4, 0.5) is 0 Å². The maximum Gasteiger partial charge on any atom is 0.306 e. The Morgan fingerprint density at radius 2 is 1.08 bits per heavy atom. The standard InChI is InChI=1S/C18H15S.C15H22O4/c1-4-10-16(11-5-1)19(17-12-6-2-7-13-17)18-14-8-3-9-15-18;16-13(17)1-2-14(18)19-9-15-6-10-3-11(7-15)5-12(4-10)8-15/h1-15H;10-12H,1-9H2,(H,16,17)/q+1;/p-1. The molecule has 0 saturated heterocycles. The van der Waals surface area contributed by atoms with Crippen LogP contribution in [0.3, 0.4) is 0 Å². The van der Waals surface area contributed by atoms with Crippen molar-refractivity contribution in [2.45, 2.75) is 66.1 Å². The van der Waals surface area contributed by atoms with E-state index < -0.39 is 5.97 Å². The van der Waals surface area contributed by atoms with Gasteiger partial charge < -0.3 is 14.6 Å². The zero-order valence-corrected chi connectivity index (χ0v) is 22.6. The molecule has 0 amide bonds. The number of aliphatic carboxylic acids is 1. The molecule has 0 heterocycles. The Morgan fingerprint density at radius 1 is 0.684 bits per heavy atom. The highest BCUT2D eigenvalue weighted by Gasteiger charge is 2.51. The number of carboxylic acid groups (broad SMARTS) is 1. The first-order valence-corrected chi connectivity index (χ1v) is 15.0. The van der Waals surface area contributed by atoms with Crippen LogP contribution in [0.1, 0.15) is 51.4 Å². The molecule has 4 nitrogen and oxygen atoms in total. The second-order valence-corrected chi connectivity index (χ2v) is 13.2. The average Bonchev–Trinajstić information content (AvgIpc) is 2.92. The second kappa shape index (κ2) is 12.2. The summed E-state index contributed by atoms with van der Waals surface area (Å²) >= 11 is 0. The molecule has 0 aliphatic heterocycles. The van der Waals surface area contributed by atoms with Gasteiger partial charge in [-0.3, -0.25) is 4.79 Å². The van der Waals surface area contributed by atoms with Crippen LogP contribution in [0.25, 0.3) is 0 Å². The molecule has 0 N–H and O–H groups in total. The van der Waals surface area contributed by atoms with Crippen molar-refractivity contribution in [2.75, 3.05) is 6.61 Å². The quantitative estimate of drug-likeness (QED) is 0.263. The van der Waals surface area contributed by atoms with Crippen molar-refractivity contribution in [3.63, 3.8) is 0 Å². The van der Waals surface area contributed by atoms with Gasteiger partial charge in [-0.1, -0.05) is 54.6 Å². The van der Waals surface area contributed by atoms with E-state index in [4.69, 9.17) is 4.74 Å². The van der Waals surface area contributed by atoms with Gasteiger partial charge in [0.1, 0.15) is 0 Å². The van der Waals surface area contributed by atoms with Gasteiger partial charge in [0.2, 0.25) is 0 Å². The molecule has 5 heteroatoms. The minimum absolute atomic E-state index is 0.0146. The second-order valence-electron chi connectivity index (χ2n) is 11.2. The summed E-state index contributed by atoms with van der Waals surface area (Å²) in [6.07, 6.45) is 7.42. The summed E-state index contributed by atoms with van der Waals surface area (Å²) in [5, 5.41) is 10.3. The molecule has 4 aliphatic carbocycles. The van der Waals surface area contributed by atoms with Gasteiger partial charge >= 0.3 is 5.97 Å². The number of carboxylic acids is 1.